The van der Waals surface area contributed by atoms with E-state index < -0.39 is 0 Å². The van der Waals surface area contributed by atoms with Gasteiger partial charge in [-0.1, -0.05) is 66.7 Å². The van der Waals surface area contributed by atoms with Gasteiger partial charge in [-0.15, -0.1) is 0 Å². The molecule has 47 heavy (non-hydrogen) atoms. The molecule has 6 aromatic rings. The molecule has 0 atom stereocenters. The van der Waals surface area contributed by atoms with Gasteiger partial charge in [0.15, 0.2) is 23.0 Å². The van der Waals surface area contributed by atoms with E-state index in [-0.39, 0.29) is 0 Å². The summed E-state index contributed by atoms with van der Waals surface area (Å²) in [7, 11) is 8.66. The van der Waals surface area contributed by atoms with Crippen molar-refractivity contribution >= 4 is 10.8 Å². The molecule has 236 valence electrons. The highest BCUT2D eigenvalue weighted by molar-refractivity contribution is 5.91. The topological polar surface area (TPSA) is 54.2 Å². The summed E-state index contributed by atoms with van der Waals surface area (Å²) >= 11 is 0. The third kappa shape index (κ3) is 6.10. The first-order valence-corrected chi connectivity index (χ1v) is 15.4. The predicted octanol–water partition coefficient (Wildman–Crippen LogP) is 9.31. The van der Waals surface area contributed by atoms with Gasteiger partial charge in [-0.05, 0) is 88.7 Å². The summed E-state index contributed by atoms with van der Waals surface area (Å²) < 4.78 is 25.4. The number of nitrogens with zero attached hydrogens (tertiary/aromatic N) is 2. The van der Waals surface area contributed by atoms with Crippen LogP contribution in [0.15, 0.2) is 126 Å². The van der Waals surface area contributed by atoms with Crippen molar-refractivity contribution in [3.8, 4) is 67.6 Å². The van der Waals surface area contributed by atoms with E-state index in [1.165, 1.54) is 0 Å². The fourth-order valence-electron chi connectivity index (χ4n) is 6.03. The van der Waals surface area contributed by atoms with Crippen molar-refractivity contribution < 1.29 is 18.9 Å². The summed E-state index contributed by atoms with van der Waals surface area (Å²) in [5, 5.41) is 1.91. The molecular weight excluding hydrogens is 584 g/mol. The molecule has 0 radical (unpaired) electrons. The lowest BCUT2D eigenvalue weighted by Gasteiger charge is -2.19. The number of fused-ring (bicyclic) bond motifs is 1. The minimum atomic E-state index is 0.630. The predicted molar refractivity (Wildman–Crippen MR) is 191 cm³/mol. The molecule has 0 aliphatic rings. The summed E-state index contributed by atoms with van der Waals surface area (Å²) in [5.41, 5.74) is 9.08. The van der Waals surface area contributed by atoms with E-state index in [4.69, 9.17) is 23.9 Å². The lowest BCUT2D eigenvalue weighted by atomic mass is 9.91. The second-order valence-corrected chi connectivity index (χ2v) is 11.1. The first kappa shape index (κ1) is 31.2. The van der Waals surface area contributed by atoms with Gasteiger partial charge in [-0.3, -0.25) is 0 Å². The third-order valence-electron chi connectivity index (χ3n) is 8.35. The number of hydrogen-bond donors (Lipinski definition) is 0. The van der Waals surface area contributed by atoms with E-state index in [9.17, 15) is 0 Å². The normalized spacial score (nSPS) is 11.7. The van der Waals surface area contributed by atoms with Gasteiger partial charge >= 0.3 is 0 Å². The highest BCUT2D eigenvalue weighted by atomic mass is 16.5. The molecule has 0 bridgehead atoms. The molecule has 6 rings (SSSR count). The van der Waals surface area contributed by atoms with Crippen LogP contribution in [0.4, 0.5) is 0 Å². The van der Waals surface area contributed by atoms with Crippen LogP contribution in [-0.2, 0) is 7.05 Å². The van der Waals surface area contributed by atoms with Crippen molar-refractivity contribution in [2.24, 2.45) is 12.0 Å². The van der Waals surface area contributed by atoms with Crippen LogP contribution in [-0.4, -0.2) is 33.0 Å². The number of benzene rings is 5. The minimum absolute atomic E-state index is 0.630. The zero-order valence-corrected chi connectivity index (χ0v) is 27.6. The van der Waals surface area contributed by atoms with Gasteiger partial charge in [0.1, 0.15) is 5.49 Å². The second kappa shape index (κ2) is 13.7. The summed E-state index contributed by atoms with van der Waals surface area (Å²) in [6.07, 6.45) is 3.72. The minimum Gasteiger partial charge on any atom is -0.493 e. The summed E-state index contributed by atoms with van der Waals surface area (Å²) in [6, 6.07) is 37.8. The van der Waals surface area contributed by atoms with Crippen LogP contribution in [0.25, 0.3) is 55.4 Å². The Morgan fingerprint density at radius 3 is 1.68 bits per heavy atom. The Kier molecular flexibility index (Phi) is 9.11. The highest BCUT2D eigenvalue weighted by Gasteiger charge is 2.19. The van der Waals surface area contributed by atoms with E-state index >= 15 is 0 Å². The maximum atomic E-state index is 6.05. The Labute approximate surface area is 275 Å². The maximum absolute atomic E-state index is 6.05. The van der Waals surface area contributed by atoms with Gasteiger partial charge in [0.25, 0.3) is 0 Å². The zero-order chi connectivity index (χ0) is 32.9. The molecule has 5 aromatic carbocycles. The van der Waals surface area contributed by atoms with Crippen LogP contribution in [0.5, 0.6) is 23.0 Å². The van der Waals surface area contributed by atoms with Crippen molar-refractivity contribution in [3.63, 3.8) is 0 Å². The number of methoxy groups -OCH3 is 4. The highest BCUT2D eigenvalue weighted by Crippen LogP contribution is 2.44. The van der Waals surface area contributed by atoms with Crippen LogP contribution < -0.4 is 24.4 Å². The Balaban J connectivity index is 1.65. The molecule has 6 heteroatoms. The number of rotatable bonds is 9. The van der Waals surface area contributed by atoms with Gasteiger partial charge in [0.2, 0.25) is 0 Å². The van der Waals surface area contributed by atoms with E-state index in [1.54, 1.807) is 34.6 Å². The smallest absolute Gasteiger partial charge is 0.168 e. The van der Waals surface area contributed by atoms with E-state index in [0.717, 1.165) is 60.9 Å². The fraction of sp³-hybridized carbons (Fsp3) is 0.146. The number of ether oxygens (including phenoxy) is 4. The molecule has 0 aliphatic heterocycles. The first-order valence-electron chi connectivity index (χ1n) is 15.4. The van der Waals surface area contributed by atoms with Gasteiger partial charge in [0.05, 0.1) is 34.1 Å². The standard InChI is InChI=1S/C41H38N2O4/c1-7-18-42-41-35-26-38(45-4)37(44-3)24-32(35)23-36(43(41)2)33-22-34(40(47-6)39(25-33)46-5)31-20-29(27-14-10-8-11-15-27)19-30(21-31)28-16-12-9-13-17-28/h7-26H,1-6H3/b18-7-,42-41-. The van der Waals surface area contributed by atoms with Crippen molar-refractivity contribution in [2.45, 2.75) is 6.92 Å². The van der Waals surface area contributed by atoms with E-state index in [0.29, 0.717) is 23.0 Å². The van der Waals surface area contributed by atoms with Gasteiger partial charge in [-0.25, -0.2) is 4.99 Å². The molecule has 0 spiro atoms. The van der Waals surface area contributed by atoms with E-state index in [1.807, 2.05) is 50.4 Å². The van der Waals surface area contributed by atoms with Crippen LogP contribution in [0, 0.1) is 0 Å². The molecule has 0 amide bonds. The first-order chi connectivity index (χ1) is 23.0. The van der Waals surface area contributed by atoms with Crippen LogP contribution >= 0.6 is 0 Å². The molecule has 0 fully saturated rings. The molecule has 1 aromatic heterocycles. The SMILES string of the molecule is C/C=C\N=c1\c2cc(OC)c(OC)cc2cc(-c2cc(OC)c(OC)c(-c3cc(-c4ccccc4)cc(-c4ccccc4)c3)c2)n1C. The van der Waals surface area contributed by atoms with Crippen LogP contribution in [0.3, 0.4) is 0 Å². The lowest BCUT2D eigenvalue weighted by Crippen LogP contribution is -2.20. The molecule has 0 unspecified atom stereocenters. The quantitative estimate of drug-likeness (QED) is 0.161. The molecule has 0 aliphatic carbocycles. The lowest BCUT2D eigenvalue weighted by molar-refractivity contribution is 0.356. The second-order valence-electron chi connectivity index (χ2n) is 11.1. The fourth-order valence-corrected chi connectivity index (χ4v) is 6.03. The maximum Gasteiger partial charge on any atom is 0.168 e. The number of allylic oxidation sites excluding steroid dienone is 1. The molecule has 6 nitrogen and oxygen atoms in total. The van der Waals surface area contributed by atoms with Crippen LogP contribution in [0.1, 0.15) is 6.92 Å². The van der Waals surface area contributed by atoms with Crippen LogP contribution in [0.2, 0.25) is 0 Å². The Morgan fingerprint density at radius 1 is 0.553 bits per heavy atom. The Bertz CT molecular complexity index is 2090. The molecule has 0 saturated carbocycles. The summed E-state index contributed by atoms with van der Waals surface area (Å²) in [6.45, 7) is 1.95. The van der Waals surface area contributed by atoms with Crippen molar-refractivity contribution in [2.75, 3.05) is 28.4 Å². The van der Waals surface area contributed by atoms with E-state index in [2.05, 4.69) is 83.4 Å². The number of aromatic nitrogens is 1. The molecule has 0 N–H and O–H groups in total. The average molecular weight is 623 g/mol. The zero-order valence-electron chi connectivity index (χ0n) is 27.6. The van der Waals surface area contributed by atoms with Gasteiger partial charge < -0.3 is 23.5 Å². The summed E-state index contributed by atoms with van der Waals surface area (Å²) in [4.78, 5) is 4.85. The largest absolute Gasteiger partial charge is 0.493 e. The number of hydrogen-bond acceptors (Lipinski definition) is 5. The third-order valence-corrected chi connectivity index (χ3v) is 8.35. The van der Waals surface area contributed by atoms with Crippen molar-refractivity contribution in [1.29, 1.82) is 0 Å². The Morgan fingerprint density at radius 2 is 1.13 bits per heavy atom. The monoisotopic (exact) mass is 622 g/mol. The molecule has 0 saturated heterocycles. The van der Waals surface area contributed by atoms with Crippen molar-refractivity contribution in [1.82, 2.24) is 4.57 Å². The Hall–Kier alpha value is -5.75. The van der Waals surface area contributed by atoms with Gasteiger partial charge in [0, 0.05) is 29.8 Å². The van der Waals surface area contributed by atoms with Crippen molar-refractivity contribution in [3.05, 3.63) is 127 Å². The average Bonchev–Trinajstić information content (AvgIpc) is 3.13. The van der Waals surface area contributed by atoms with Gasteiger partial charge in [-0.2, -0.15) is 0 Å². The summed E-state index contributed by atoms with van der Waals surface area (Å²) in [5.74, 6) is 2.58. The molecule has 1 heterocycles. The molecular formula is C41H38N2O4. The number of pyridine rings is 1.